The lowest BCUT2D eigenvalue weighted by Crippen LogP contribution is -1.90. The summed E-state index contributed by atoms with van der Waals surface area (Å²) in [5, 5.41) is 0. The number of hydrogen-bond acceptors (Lipinski definition) is 0. The topological polar surface area (TPSA) is 0 Å². The second-order valence-electron chi connectivity index (χ2n) is 4.64. The van der Waals surface area contributed by atoms with Crippen LogP contribution in [0.2, 0.25) is 5.82 Å². The van der Waals surface area contributed by atoms with Crippen LogP contribution in [0.5, 0.6) is 0 Å². The maximum Gasteiger partial charge on any atom is 0.0695 e. The van der Waals surface area contributed by atoms with E-state index >= 15 is 0 Å². The van der Waals surface area contributed by atoms with E-state index in [9.17, 15) is 0 Å². The lowest BCUT2D eigenvalue weighted by molar-refractivity contribution is 0.605. The van der Waals surface area contributed by atoms with Gasteiger partial charge in [0.2, 0.25) is 0 Å². The molecule has 2 radical (unpaired) electrons. The van der Waals surface area contributed by atoms with Gasteiger partial charge in [-0.3, -0.25) is 0 Å². The van der Waals surface area contributed by atoms with Crippen molar-refractivity contribution in [1.82, 2.24) is 0 Å². The number of fused-ring (bicyclic) bond motifs is 1. The van der Waals surface area contributed by atoms with Gasteiger partial charge in [0.25, 0.3) is 0 Å². The van der Waals surface area contributed by atoms with Crippen molar-refractivity contribution in [2.45, 2.75) is 44.8 Å². The van der Waals surface area contributed by atoms with E-state index < -0.39 is 0 Å². The Hall–Kier alpha value is -0.375. The van der Waals surface area contributed by atoms with Crippen molar-refractivity contribution in [3.8, 4) is 11.8 Å². The van der Waals surface area contributed by atoms with E-state index in [1.165, 1.54) is 19.3 Å². The van der Waals surface area contributed by atoms with Gasteiger partial charge in [0.05, 0.1) is 7.85 Å². The third-order valence-electron chi connectivity index (χ3n) is 3.48. The van der Waals surface area contributed by atoms with E-state index in [2.05, 4.69) is 18.8 Å². The molecular formula is C12H17B. The highest BCUT2D eigenvalue weighted by atomic mass is 14.5. The van der Waals surface area contributed by atoms with Crippen LogP contribution in [0.1, 0.15) is 39.0 Å². The summed E-state index contributed by atoms with van der Waals surface area (Å²) >= 11 is 0. The molecule has 0 nitrogen and oxygen atoms in total. The maximum atomic E-state index is 5.83. The van der Waals surface area contributed by atoms with Gasteiger partial charge in [0, 0.05) is 12.8 Å². The Bertz CT molecular complexity index is 215. The molecule has 13 heavy (non-hydrogen) atoms. The molecular weight excluding hydrogens is 155 g/mol. The second kappa shape index (κ2) is 3.78. The molecule has 68 valence electrons. The Labute approximate surface area is 82.9 Å². The molecule has 0 saturated heterocycles. The normalized spacial score (nSPS) is 39.0. The first-order valence-corrected chi connectivity index (χ1v) is 5.50. The Morgan fingerprint density at radius 3 is 2.23 bits per heavy atom. The predicted octanol–water partition coefficient (Wildman–Crippen LogP) is 2.79. The molecule has 1 fully saturated rings. The highest BCUT2D eigenvalue weighted by Crippen LogP contribution is 2.55. The Balaban J connectivity index is 1.86. The van der Waals surface area contributed by atoms with E-state index in [0.29, 0.717) is 5.82 Å². The Morgan fingerprint density at radius 2 is 1.77 bits per heavy atom. The van der Waals surface area contributed by atoms with Crippen LogP contribution in [-0.2, 0) is 0 Å². The van der Waals surface area contributed by atoms with Crippen molar-refractivity contribution >= 4 is 7.85 Å². The molecule has 4 atom stereocenters. The van der Waals surface area contributed by atoms with Crippen LogP contribution in [0.15, 0.2) is 0 Å². The fourth-order valence-electron chi connectivity index (χ4n) is 2.81. The van der Waals surface area contributed by atoms with Crippen LogP contribution >= 0.6 is 0 Å². The minimum absolute atomic E-state index is 0.388. The van der Waals surface area contributed by atoms with Gasteiger partial charge in [0.15, 0.2) is 0 Å². The van der Waals surface area contributed by atoms with Crippen molar-refractivity contribution in [1.29, 1.82) is 0 Å². The summed E-state index contributed by atoms with van der Waals surface area (Å²) < 4.78 is 0. The first-order chi connectivity index (χ1) is 6.29. The lowest BCUT2D eigenvalue weighted by atomic mass is 9.84. The molecule has 1 saturated carbocycles. The van der Waals surface area contributed by atoms with Crippen molar-refractivity contribution in [3.05, 3.63) is 0 Å². The molecule has 2 rings (SSSR count). The summed E-state index contributed by atoms with van der Waals surface area (Å²) in [6.45, 7) is 2.13. The molecule has 0 aliphatic heterocycles. The van der Waals surface area contributed by atoms with E-state index in [1.54, 1.807) is 0 Å². The standard InChI is InChI=1S/C12H17B/c1-9(13)8-12-10-6-4-2-3-5-7-11(10)12/h9-12H,4-8H2,1H3/t9?,10-,11+,12?. The first-order valence-electron chi connectivity index (χ1n) is 5.50. The Kier molecular flexibility index (Phi) is 2.67. The van der Waals surface area contributed by atoms with Gasteiger partial charge in [-0.05, 0) is 30.6 Å². The number of hydrogen-bond donors (Lipinski definition) is 0. The van der Waals surface area contributed by atoms with Gasteiger partial charge >= 0.3 is 0 Å². The summed E-state index contributed by atoms with van der Waals surface area (Å²) in [5.41, 5.74) is 0. The summed E-state index contributed by atoms with van der Waals surface area (Å²) in [4.78, 5) is 0. The van der Waals surface area contributed by atoms with Crippen LogP contribution < -0.4 is 0 Å². The van der Waals surface area contributed by atoms with E-state index in [4.69, 9.17) is 7.85 Å². The third-order valence-corrected chi connectivity index (χ3v) is 3.48. The van der Waals surface area contributed by atoms with Crippen molar-refractivity contribution in [3.63, 3.8) is 0 Å². The van der Waals surface area contributed by atoms with Crippen molar-refractivity contribution < 1.29 is 0 Å². The molecule has 2 aliphatic carbocycles. The largest absolute Gasteiger partial charge is 0.103 e. The predicted molar refractivity (Wildman–Crippen MR) is 56.5 cm³/mol. The average molecular weight is 172 g/mol. The first kappa shape index (κ1) is 9.19. The van der Waals surface area contributed by atoms with E-state index in [-0.39, 0.29) is 0 Å². The highest BCUT2D eigenvalue weighted by Gasteiger charge is 2.47. The fourth-order valence-corrected chi connectivity index (χ4v) is 2.81. The highest BCUT2D eigenvalue weighted by molar-refractivity contribution is 6.11. The van der Waals surface area contributed by atoms with E-state index in [0.717, 1.165) is 30.6 Å². The van der Waals surface area contributed by atoms with Crippen LogP contribution in [0, 0.1) is 29.6 Å². The summed E-state index contributed by atoms with van der Waals surface area (Å²) in [7, 11) is 5.83. The zero-order chi connectivity index (χ0) is 9.26. The van der Waals surface area contributed by atoms with Gasteiger partial charge in [0.1, 0.15) is 0 Å². The van der Waals surface area contributed by atoms with Crippen LogP contribution in [-0.4, -0.2) is 7.85 Å². The van der Waals surface area contributed by atoms with Gasteiger partial charge in [-0.15, -0.1) is 11.8 Å². The molecule has 2 unspecified atom stereocenters. The molecule has 0 heterocycles. The molecule has 0 aromatic carbocycles. The molecule has 2 aliphatic rings. The molecule has 0 aromatic heterocycles. The molecule has 0 bridgehead atoms. The lowest BCUT2D eigenvalue weighted by Gasteiger charge is -2.02. The SMILES string of the molecule is [B]C(C)CC1[C@H]2CCC#CCC[C@@H]12. The van der Waals surface area contributed by atoms with Crippen molar-refractivity contribution in [2.75, 3.05) is 0 Å². The van der Waals surface area contributed by atoms with Gasteiger partial charge < -0.3 is 0 Å². The summed E-state index contributed by atoms with van der Waals surface area (Å²) in [6, 6.07) is 0. The zero-order valence-corrected chi connectivity index (χ0v) is 8.42. The van der Waals surface area contributed by atoms with Crippen LogP contribution in [0.3, 0.4) is 0 Å². The minimum Gasteiger partial charge on any atom is -0.103 e. The molecule has 0 aromatic rings. The molecule has 0 spiro atoms. The minimum atomic E-state index is 0.388. The summed E-state index contributed by atoms with van der Waals surface area (Å²) in [6.07, 6.45) is 6.13. The van der Waals surface area contributed by atoms with Gasteiger partial charge in [-0.1, -0.05) is 19.2 Å². The quantitative estimate of drug-likeness (QED) is 0.443. The average Bonchev–Trinajstić information content (AvgIpc) is 2.58. The monoisotopic (exact) mass is 172 g/mol. The molecule has 0 amide bonds. The third kappa shape index (κ3) is 2.10. The zero-order valence-electron chi connectivity index (χ0n) is 8.42. The molecule has 0 N–H and O–H groups in total. The van der Waals surface area contributed by atoms with Gasteiger partial charge in [-0.25, -0.2) is 0 Å². The van der Waals surface area contributed by atoms with Crippen molar-refractivity contribution in [2.24, 2.45) is 17.8 Å². The smallest absolute Gasteiger partial charge is 0.0695 e. The van der Waals surface area contributed by atoms with Gasteiger partial charge in [-0.2, -0.15) is 0 Å². The van der Waals surface area contributed by atoms with Crippen LogP contribution in [0.4, 0.5) is 0 Å². The second-order valence-corrected chi connectivity index (χ2v) is 4.64. The van der Waals surface area contributed by atoms with Crippen LogP contribution in [0.25, 0.3) is 0 Å². The summed E-state index contributed by atoms with van der Waals surface area (Å²) in [5.74, 6) is 9.74. The number of rotatable bonds is 2. The molecule has 1 heteroatoms. The van der Waals surface area contributed by atoms with E-state index in [1.807, 2.05) is 0 Å². The fraction of sp³-hybridized carbons (Fsp3) is 0.833. The Morgan fingerprint density at radius 1 is 1.23 bits per heavy atom. The maximum absolute atomic E-state index is 5.83.